The van der Waals surface area contributed by atoms with E-state index in [2.05, 4.69) is 22.8 Å². The molecule has 8 heteroatoms. The van der Waals surface area contributed by atoms with E-state index in [1.807, 2.05) is 7.05 Å². The Hall–Kier alpha value is -1.35. The van der Waals surface area contributed by atoms with Crippen LogP contribution in [0, 0.1) is 5.92 Å². The number of thioether (sulfide) groups is 1. The van der Waals surface area contributed by atoms with Crippen LogP contribution in [-0.4, -0.2) is 70.6 Å². The number of likely N-dealkylation sites (N-methyl/N-ethyl adjacent to an activating group) is 1. The summed E-state index contributed by atoms with van der Waals surface area (Å²) >= 11 is 1.57. The van der Waals surface area contributed by atoms with Crippen molar-refractivity contribution in [3.63, 3.8) is 0 Å². The fraction of sp³-hybridized carbons (Fsp3) is 0.647. The van der Waals surface area contributed by atoms with Crippen molar-refractivity contribution in [2.24, 2.45) is 5.92 Å². The Morgan fingerprint density at radius 3 is 2.96 bits per heavy atom. The number of hydrogen-bond acceptors (Lipinski definition) is 6. The third-order valence-corrected chi connectivity index (χ3v) is 6.35. The summed E-state index contributed by atoms with van der Waals surface area (Å²) in [5.74, 6) is -1.81. The number of fused-ring (bicyclic) bond motifs is 1. The average Bonchev–Trinajstić information content (AvgIpc) is 3.10. The predicted octanol–water partition coefficient (Wildman–Crippen LogP) is 0.133. The summed E-state index contributed by atoms with van der Waals surface area (Å²) in [4.78, 5) is 26.0. The maximum absolute atomic E-state index is 12.2. The zero-order valence-electron chi connectivity index (χ0n) is 14.4. The fourth-order valence-electron chi connectivity index (χ4n) is 3.86. The standard InChI is InChI=1S/C17H25N3O4S/c1-9(21)14-12-7-13(15(17(23)24)20(12)16(14)22)25-11-6-10(19-8-11)4-3-5-18-2/h3-4,9-12,14,18-19,21H,5-8H2,1-2H3,(H,23,24)/b4-3-/t9-,10-,11+,12-,14-/m1/s1. The number of hydrogen-bond donors (Lipinski definition) is 4. The third kappa shape index (κ3) is 3.48. The minimum atomic E-state index is -1.06. The van der Waals surface area contributed by atoms with Crippen LogP contribution in [0.5, 0.6) is 0 Å². The summed E-state index contributed by atoms with van der Waals surface area (Å²) in [6, 6.07) is 0.0896. The molecule has 0 aromatic carbocycles. The number of β-lactam (4-membered cyclic amide) rings is 1. The lowest BCUT2D eigenvalue weighted by Crippen LogP contribution is -2.61. The van der Waals surface area contributed by atoms with Crippen LogP contribution in [0.1, 0.15) is 19.8 Å². The molecule has 7 nitrogen and oxygen atoms in total. The average molecular weight is 367 g/mol. The van der Waals surface area contributed by atoms with Crippen LogP contribution < -0.4 is 10.6 Å². The molecule has 0 aliphatic carbocycles. The molecule has 2 fully saturated rings. The van der Waals surface area contributed by atoms with E-state index < -0.39 is 18.0 Å². The van der Waals surface area contributed by atoms with E-state index in [9.17, 15) is 19.8 Å². The summed E-state index contributed by atoms with van der Waals surface area (Å²) in [5.41, 5.74) is 0.117. The fourth-order valence-corrected chi connectivity index (χ4v) is 5.31. The number of carbonyl (C=O) groups excluding carboxylic acids is 1. The largest absolute Gasteiger partial charge is 0.477 e. The molecule has 0 unspecified atom stereocenters. The molecule has 0 radical (unpaired) electrons. The number of rotatable bonds is 7. The first-order valence-electron chi connectivity index (χ1n) is 8.63. The minimum Gasteiger partial charge on any atom is -0.477 e. The van der Waals surface area contributed by atoms with Crippen LogP contribution in [0.15, 0.2) is 22.8 Å². The van der Waals surface area contributed by atoms with Crippen molar-refractivity contribution >= 4 is 23.6 Å². The number of nitrogens with zero attached hydrogens (tertiary/aromatic N) is 1. The van der Waals surface area contributed by atoms with E-state index in [1.54, 1.807) is 18.7 Å². The molecule has 5 atom stereocenters. The number of carbonyl (C=O) groups is 2. The molecule has 25 heavy (non-hydrogen) atoms. The van der Waals surface area contributed by atoms with Crippen molar-refractivity contribution < 1.29 is 19.8 Å². The van der Waals surface area contributed by atoms with Crippen molar-refractivity contribution in [3.05, 3.63) is 22.8 Å². The van der Waals surface area contributed by atoms with E-state index >= 15 is 0 Å². The van der Waals surface area contributed by atoms with Gasteiger partial charge in [-0.05, 0) is 20.4 Å². The molecule has 3 rings (SSSR count). The Morgan fingerprint density at radius 1 is 1.56 bits per heavy atom. The molecule has 0 aromatic rings. The Balaban J connectivity index is 1.66. The highest BCUT2D eigenvalue weighted by molar-refractivity contribution is 8.03. The summed E-state index contributed by atoms with van der Waals surface area (Å²) in [6.45, 7) is 3.23. The second-order valence-corrected chi connectivity index (χ2v) is 8.19. The van der Waals surface area contributed by atoms with Crippen LogP contribution in [0.25, 0.3) is 0 Å². The van der Waals surface area contributed by atoms with Gasteiger partial charge >= 0.3 is 5.97 Å². The van der Waals surface area contributed by atoms with Crippen molar-refractivity contribution in [1.82, 2.24) is 15.5 Å². The first kappa shape index (κ1) is 18.4. The molecule has 138 valence electrons. The first-order chi connectivity index (χ1) is 11.9. The summed E-state index contributed by atoms with van der Waals surface area (Å²) in [6.07, 6.45) is 4.94. The van der Waals surface area contributed by atoms with Gasteiger partial charge in [-0.15, -0.1) is 11.8 Å². The zero-order chi connectivity index (χ0) is 18.1. The monoisotopic (exact) mass is 367 g/mol. The third-order valence-electron chi connectivity index (χ3n) is 5.01. The van der Waals surface area contributed by atoms with Crippen LogP contribution in [-0.2, 0) is 9.59 Å². The highest BCUT2D eigenvalue weighted by Crippen LogP contribution is 2.48. The van der Waals surface area contributed by atoms with E-state index in [0.29, 0.717) is 12.5 Å². The number of amides is 1. The van der Waals surface area contributed by atoms with E-state index in [-0.39, 0.29) is 22.9 Å². The molecule has 0 spiro atoms. The molecule has 1 amide bonds. The molecule has 2 saturated heterocycles. The van der Waals surface area contributed by atoms with Crippen molar-refractivity contribution in [2.45, 2.75) is 43.2 Å². The van der Waals surface area contributed by atoms with Crippen LogP contribution in [0.2, 0.25) is 0 Å². The molecule has 3 heterocycles. The Bertz CT molecular complexity index is 619. The second-order valence-electron chi connectivity index (χ2n) is 6.80. The lowest BCUT2D eigenvalue weighted by molar-refractivity contribution is -0.161. The Morgan fingerprint density at radius 2 is 2.32 bits per heavy atom. The lowest BCUT2D eigenvalue weighted by atomic mass is 9.83. The van der Waals surface area contributed by atoms with Gasteiger partial charge in [-0.1, -0.05) is 12.2 Å². The van der Waals surface area contributed by atoms with Gasteiger partial charge in [0.1, 0.15) is 5.70 Å². The van der Waals surface area contributed by atoms with E-state index in [4.69, 9.17) is 0 Å². The minimum absolute atomic E-state index is 0.117. The number of carboxylic acids is 1. The number of nitrogens with one attached hydrogen (secondary N) is 2. The molecule has 0 aromatic heterocycles. The molecule has 3 aliphatic rings. The predicted molar refractivity (Wildman–Crippen MR) is 95.9 cm³/mol. The van der Waals surface area contributed by atoms with Gasteiger partial charge in [0, 0.05) is 35.7 Å². The number of aliphatic hydroxyl groups excluding tert-OH is 1. The lowest BCUT2D eigenvalue weighted by Gasteiger charge is -2.44. The van der Waals surface area contributed by atoms with Crippen LogP contribution in [0.3, 0.4) is 0 Å². The van der Waals surface area contributed by atoms with Gasteiger partial charge in [-0.25, -0.2) is 4.79 Å². The maximum Gasteiger partial charge on any atom is 0.353 e. The SMILES string of the molecule is CNC/C=C\[C@@H]1C[C@H](SC2=C(C(=O)O)N3C(=O)[C@H]([C@@H](C)O)[C@H]3C2)CN1. The van der Waals surface area contributed by atoms with Gasteiger partial charge in [0.2, 0.25) is 5.91 Å². The van der Waals surface area contributed by atoms with Gasteiger partial charge in [-0.2, -0.15) is 0 Å². The first-order valence-corrected chi connectivity index (χ1v) is 9.50. The van der Waals surface area contributed by atoms with Gasteiger partial charge in [0.05, 0.1) is 18.1 Å². The molecule has 0 bridgehead atoms. The number of carboxylic acid groups (broad SMARTS) is 1. The topological polar surface area (TPSA) is 102 Å². The van der Waals surface area contributed by atoms with E-state index in [0.717, 1.165) is 24.4 Å². The van der Waals surface area contributed by atoms with Crippen molar-refractivity contribution in [2.75, 3.05) is 20.1 Å². The van der Waals surface area contributed by atoms with Gasteiger partial charge < -0.3 is 25.7 Å². The normalized spacial score (nSPS) is 33.1. The van der Waals surface area contributed by atoms with Gasteiger partial charge in [0.25, 0.3) is 0 Å². The summed E-state index contributed by atoms with van der Waals surface area (Å²) < 4.78 is 0. The van der Waals surface area contributed by atoms with E-state index in [1.165, 1.54) is 4.90 Å². The molecule has 3 aliphatic heterocycles. The van der Waals surface area contributed by atoms with Crippen LogP contribution >= 0.6 is 11.8 Å². The number of aliphatic carboxylic acids is 1. The van der Waals surface area contributed by atoms with Gasteiger partial charge in [0.15, 0.2) is 0 Å². The maximum atomic E-state index is 12.2. The Labute approximate surface area is 151 Å². The summed E-state index contributed by atoms with van der Waals surface area (Å²) in [7, 11) is 1.90. The summed E-state index contributed by atoms with van der Waals surface area (Å²) in [5, 5.41) is 26.1. The number of aliphatic hydroxyl groups is 1. The van der Waals surface area contributed by atoms with Crippen molar-refractivity contribution in [3.8, 4) is 0 Å². The highest BCUT2D eigenvalue weighted by Gasteiger charge is 2.57. The Kier molecular flexibility index (Phi) is 5.52. The van der Waals surface area contributed by atoms with Crippen molar-refractivity contribution in [1.29, 1.82) is 0 Å². The molecule has 0 saturated carbocycles. The van der Waals surface area contributed by atoms with Crippen LogP contribution in [0.4, 0.5) is 0 Å². The quantitative estimate of drug-likeness (QED) is 0.375. The second kappa shape index (κ2) is 7.49. The van der Waals surface area contributed by atoms with Gasteiger partial charge in [-0.3, -0.25) is 4.79 Å². The molecule has 4 N–H and O–H groups in total. The smallest absolute Gasteiger partial charge is 0.353 e. The zero-order valence-corrected chi connectivity index (χ0v) is 15.3. The molecular weight excluding hydrogens is 342 g/mol. The molecular formula is C17H25N3O4S. The highest BCUT2D eigenvalue weighted by atomic mass is 32.2.